The van der Waals surface area contributed by atoms with Crippen molar-refractivity contribution in [3.63, 3.8) is 0 Å². The summed E-state index contributed by atoms with van der Waals surface area (Å²) in [6.45, 7) is 4.81. The second kappa shape index (κ2) is 8.34. The van der Waals surface area contributed by atoms with Gasteiger partial charge in [0.2, 0.25) is 0 Å². The van der Waals surface area contributed by atoms with E-state index in [0.717, 1.165) is 24.2 Å². The Kier molecular flexibility index (Phi) is 7.11. The summed E-state index contributed by atoms with van der Waals surface area (Å²) in [6, 6.07) is 3.44. The molecule has 1 aromatic heterocycles. The van der Waals surface area contributed by atoms with Crippen molar-refractivity contribution < 1.29 is 68.6 Å². The summed E-state index contributed by atoms with van der Waals surface area (Å²) in [5.41, 5.74) is 2.56. The van der Waals surface area contributed by atoms with Gasteiger partial charge in [-0.2, -0.15) is 8.42 Å². The average Bonchev–Trinajstić information content (AvgIpc) is 2.91. The van der Waals surface area contributed by atoms with Crippen LogP contribution in [-0.4, -0.2) is 28.2 Å². The van der Waals surface area contributed by atoms with E-state index in [1.54, 1.807) is 12.1 Å². The molecule has 0 fully saturated rings. The molecule has 0 saturated carbocycles. The van der Waals surface area contributed by atoms with Crippen molar-refractivity contribution in [2.75, 3.05) is 0 Å². The Bertz CT molecular complexity index is 922. The standard InChI is InChI=1S/C15H18ClN3O4S.K/c1-3-9(4-2)15-17-13-11(16)6-5-10-12(18-23-24(20,21)22)7-8-19(15)14(10)13;/h5-6,9H,3-4,7-8H2,1-2H3,(H,20,21,22);/q;+1/p-1. The molecule has 0 N–H and O–H groups in total. The Hall–Kier alpha value is -0.00364. The molecule has 130 valence electrons. The minimum Gasteiger partial charge on any atom is -0.714 e. The zero-order valence-electron chi connectivity index (χ0n) is 14.3. The Morgan fingerprint density at radius 2 is 2.08 bits per heavy atom. The first-order valence-corrected chi connectivity index (χ1v) is 9.47. The van der Waals surface area contributed by atoms with Gasteiger partial charge in [0.25, 0.3) is 10.4 Å². The minimum atomic E-state index is -4.88. The molecule has 1 aliphatic heterocycles. The predicted molar refractivity (Wildman–Crippen MR) is 90.0 cm³/mol. The second-order valence-corrected chi connectivity index (χ2v) is 7.07. The van der Waals surface area contributed by atoms with Crippen LogP contribution in [0.4, 0.5) is 0 Å². The summed E-state index contributed by atoms with van der Waals surface area (Å²) in [4.78, 5) is 4.72. The third-order valence-corrected chi connectivity index (χ3v) is 4.91. The van der Waals surface area contributed by atoms with Gasteiger partial charge in [0.05, 0.1) is 16.3 Å². The van der Waals surface area contributed by atoms with Gasteiger partial charge >= 0.3 is 51.4 Å². The summed E-state index contributed by atoms with van der Waals surface area (Å²) < 4.78 is 38.2. The number of nitrogens with zero attached hydrogens (tertiary/aromatic N) is 3. The van der Waals surface area contributed by atoms with E-state index in [9.17, 15) is 13.0 Å². The summed E-state index contributed by atoms with van der Waals surface area (Å²) in [5, 5.41) is 4.06. The van der Waals surface area contributed by atoms with Crippen LogP contribution in [0.1, 0.15) is 50.4 Å². The SMILES string of the molecule is CCC(CC)c1nc2c(Cl)ccc3c2n1CCC3=NOS(=O)(=O)[O-].[K+]. The van der Waals surface area contributed by atoms with Crippen LogP contribution in [0.5, 0.6) is 0 Å². The van der Waals surface area contributed by atoms with Gasteiger partial charge in [-0.15, -0.1) is 0 Å². The topological polar surface area (TPSA) is 96.6 Å². The van der Waals surface area contributed by atoms with Crippen LogP contribution in [-0.2, 0) is 21.2 Å². The molecule has 1 aliphatic rings. The van der Waals surface area contributed by atoms with E-state index >= 15 is 0 Å². The molecule has 2 aromatic rings. The quantitative estimate of drug-likeness (QED) is 0.304. The normalized spacial score (nSPS) is 15.6. The fourth-order valence-corrected chi connectivity index (χ4v) is 3.56. The van der Waals surface area contributed by atoms with Crippen molar-refractivity contribution in [3.05, 3.63) is 28.5 Å². The molecule has 10 heteroatoms. The fourth-order valence-electron chi connectivity index (χ4n) is 3.19. The van der Waals surface area contributed by atoms with Gasteiger partial charge in [-0.3, -0.25) is 4.28 Å². The Morgan fingerprint density at radius 1 is 1.40 bits per heavy atom. The van der Waals surface area contributed by atoms with Crippen LogP contribution in [0.2, 0.25) is 5.02 Å². The molecule has 0 bridgehead atoms. The fraction of sp³-hybridized carbons (Fsp3) is 0.467. The molecule has 7 nitrogen and oxygen atoms in total. The van der Waals surface area contributed by atoms with Crippen molar-refractivity contribution in [2.45, 2.75) is 45.6 Å². The van der Waals surface area contributed by atoms with Gasteiger partial charge in [0.1, 0.15) is 11.3 Å². The van der Waals surface area contributed by atoms with E-state index in [1.165, 1.54) is 0 Å². The van der Waals surface area contributed by atoms with Gasteiger partial charge in [0, 0.05) is 24.4 Å². The molecule has 0 aliphatic carbocycles. The number of imidazole rings is 1. The molecule has 1 aromatic carbocycles. The van der Waals surface area contributed by atoms with Crippen molar-refractivity contribution in [2.24, 2.45) is 5.16 Å². The molecule has 25 heavy (non-hydrogen) atoms. The molecule has 0 spiro atoms. The Balaban J connectivity index is 0.00000225. The van der Waals surface area contributed by atoms with Crippen molar-refractivity contribution in [1.82, 2.24) is 9.55 Å². The van der Waals surface area contributed by atoms with Crippen LogP contribution >= 0.6 is 11.6 Å². The van der Waals surface area contributed by atoms with E-state index < -0.39 is 10.4 Å². The van der Waals surface area contributed by atoms with Crippen LogP contribution in [0, 0.1) is 0 Å². The summed E-state index contributed by atoms with van der Waals surface area (Å²) in [7, 11) is -4.88. The number of aromatic nitrogens is 2. The van der Waals surface area contributed by atoms with Crippen LogP contribution in [0.3, 0.4) is 0 Å². The van der Waals surface area contributed by atoms with Crippen molar-refractivity contribution in [3.8, 4) is 0 Å². The van der Waals surface area contributed by atoms with Gasteiger partial charge in [-0.05, 0) is 25.0 Å². The Morgan fingerprint density at radius 3 is 2.68 bits per heavy atom. The Labute approximate surface area is 194 Å². The first-order valence-electron chi connectivity index (χ1n) is 7.76. The number of aryl methyl sites for hydroxylation is 1. The third-order valence-electron chi connectivity index (χ3n) is 4.35. The number of oxime groups is 1. The van der Waals surface area contributed by atoms with Gasteiger partial charge in [0.15, 0.2) is 0 Å². The van der Waals surface area contributed by atoms with Gasteiger partial charge < -0.3 is 9.12 Å². The van der Waals surface area contributed by atoms with E-state index in [0.29, 0.717) is 40.7 Å². The number of hydrogen-bond acceptors (Lipinski definition) is 6. The predicted octanol–water partition coefficient (Wildman–Crippen LogP) is 0.182. The van der Waals surface area contributed by atoms with Crippen LogP contribution < -0.4 is 51.4 Å². The van der Waals surface area contributed by atoms with Crippen LogP contribution in [0.15, 0.2) is 17.3 Å². The molecular formula is C15H17ClKN3O4S. The molecule has 0 amide bonds. The third kappa shape index (κ3) is 4.29. The van der Waals surface area contributed by atoms with E-state index in [-0.39, 0.29) is 51.4 Å². The first-order chi connectivity index (χ1) is 11.4. The number of halogens is 1. The summed E-state index contributed by atoms with van der Waals surface area (Å²) >= 11 is 6.29. The first kappa shape index (κ1) is 21.3. The van der Waals surface area contributed by atoms with Gasteiger partial charge in [-0.25, -0.2) is 4.98 Å². The van der Waals surface area contributed by atoms with Crippen molar-refractivity contribution >= 4 is 38.7 Å². The van der Waals surface area contributed by atoms with Crippen LogP contribution in [0.25, 0.3) is 11.0 Å². The zero-order valence-corrected chi connectivity index (χ0v) is 19.0. The van der Waals surface area contributed by atoms with Gasteiger partial charge in [-0.1, -0.05) is 30.6 Å². The zero-order chi connectivity index (χ0) is 17.5. The molecule has 0 atom stereocenters. The maximum atomic E-state index is 10.7. The maximum Gasteiger partial charge on any atom is 1.00 e. The summed E-state index contributed by atoms with van der Waals surface area (Å²) in [5.74, 6) is 1.29. The second-order valence-electron chi connectivity index (χ2n) is 5.70. The number of hydrogen-bond donors (Lipinski definition) is 0. The molecule has 0 saturated heterocycles. The van der Waals surface area contributed by atoms with Crippen molar-refractivity contribution in [1.29, 1.82) is 0 Å². The minimum absolute atomic E-state index is 0. The monoisotopic (exact) mass is 409 g/mol. The average molecular weight is 410 g/mol. The van der Waals surface area contributed by atoms with E-state index in [4.69, 9.17) is 16.6 Å². The van der Waals surface area contributed by atoms with E-state index in [1.807, 2.05) is 0 Å². The molecule has 0 radical (unpaired) electrons. The summed E-state index contributed by atoms with van der Waals surface area (Å²) in [6.07, 6.45) is 2.37. The largest absolute Gasteiger partial charge is 1.00 e. The van der Waals surface area contributed by atoms with E-state index in [2.05, 4.69) is 27.9 Å². The number of benzene rings is 1. The maximum absolute atomic E-state index is 10.7. The smallest absolute Gasteiger partial charge is 0.714 e. The molecular weight excluding hydrogens is 393 g/mol. The molecule has 3 rings (SSSR count). The number of rotatable bonds is 5. The molecule has 2 heterocycles. The molecule has 0 unspecified atom stereocenters.